The summed E-state index contributed by atoms with van der Waals surface area (Å²) in [5.74, 6) is 0.475. The molecule has 0 fully saturated rings. The Labute approximate surface area is 185 Å². The third-order valence-electron chi connectivity index (χ3n) is 4.54. The van der Waals surface area contributed by atoms with E-state index in [-0.39, 0.29) is 5.91 Å². The van der Waals surface area contributed by atoms with E-state index in [9.17, 15) is 4.79 Å². The Morgan fingerprint density at radius 2 is 1.74 bits per heavy atom. The summed E-state index contributed by atoms with van der Waals surface area (Å²) in [5, 5.41) is 3.67. The number of nitrogens with zero attached hydrogens (tertiary/aromatic N) is 2. The molecule has 6 heteroatoms. The molecule has 1 amide bonds. The first-order valence-electron chi connectivity index (χ1n) is 9.81. The minimum Gasteiger partial charge on any atom is -0.489 e. The molecule has 0 radical (unpaired) electrons. The number of ether oxygens (including phenoxy) is 1. The smallest absolute Gasteiger partial charge is 0.255 e. The summed E-state index contributed by atoms with van der Waals surface area (Å²) in [5.41, 5.74) is 3.35. The van der Waals surface area contributed by atoms with Crippen LogP contribution in [0.15, 0.2) is 101 Å². The zero-order chi connectivity index (χ0) is 21.5. The Morgan fingerprint density at radius 1 is 0.935 bits per heavy atom. The average Bonchev–Trinajstić information content (AvgIpc) is 2.81. The molecule has 0 atom stereocenters. The Hall–Kier alpha value is -3.64. The van der Waals surface area contributed by atoms with E-state index in [4.69, 9.17) is 4.74 Å². The Bertz CT molecular complexity index is 1170. The molecule has 0 aliphatic heterocycles. The largest absolute Gasteiger partial charge is 0.489 e. The zero-order valence-corrected chi connectivity index (χ0v) is 17.8. The molecule has 0 saturated heterocycles. The van der Waals surface area contributed by atoms with Gasteiger partial charge in [-0.25, -0.2) is 9.97 Å². The monoisotopic (exact) mass is 427 g/mol. The van der Waals surface area contributed by atoms with Gasteiger partial charge in [0.15, 0.2) is 5.16 Å². The molecule has 1 heterocycles. The van der Waals surface area contributed by atoms with Crippen molar-refractivity contribution >= 4 is 23.4 Å². The van der Waals surface area contributed by atoms with E-state index in [1.54, 1.807) is 30.6 Å². The van der Waals surface area contributed by atoms with Crippen LogP contribution in [0.2, 0.25) is 0 Å². The van der Waals surface area contributed by atoms with Crippen molar-refractivity contribution in [3.63, 3.8) is 0 Å². The lowest BCUT2D eigenvalue weighted by molar-refractivity contribution is 0.102. The summed E-state index contributed by atoms with van der Waals surface area (Å²) in [6.45, 7) is 2.42. The maximum atomic E-state index is 12.8. The average molecular weight is 428 g/mol. The number of anilines is 1. The molecular weight excluding hydrogens is 406 g/mol. The molecule has 3 aromatic carbocycles. The van der Waals surface area contributed by atoms with Crippen molar-refractivity contribution in [1.29, 1.82) is 0 Å². The molecule has 5 nitrogen and oxygen atoms in total. The van der Waals surface area contributed by atoms with Gasteiger partial charge in [0.1, 0.15) is 12.4 Å². The lowest BCUT2D eigenvalue weighted by Crippen LogP contribution is -2.13. The minimum absolute atomic E-state index is 0.181. The summed E-state index contributed by atoms with van der Waals surface area (Å²) >= 11 is 1.48. The van der Waals surface area contributed by atoms with E-state index in [2.05, 4.69) is 15.3 Å². The maximum Gasteiger partial charge on any atom is 0.255 e. The summed E-state index contributed by atoms with van der Waals surface area (Å²) in [6.07, 6.45) is 3.43. The van der Waals surface area contributed by atoms with Crippen LogP contribution in [0.4, 0.5) is 5.69 Å². The van der Waals surface area contributed by atoms with Crippen molar-refractivity contribution < 1.29 is 9.53 Å². The molecule has 4 rings (SSSR count). The summed E-state index contributed by atoms with van der Waals surface area (Å²) in [4.78, 5) is 22.2. The quantitative estimate of drug-likeness (QED) is 0.380. The van der Waals surface area contributed by atoms with Crippen molar-refractivity contribution in [2.75, 3.05) is 5.32 Å². The minimum atomic E-state index is -0.181. The Kier molecular flexibility index (Phi) is 6.59. The summed E-state index contributed by atoms with van der Waals surface area (Å²) in [6, 6.07) is 24.8. The molecule has 4 aromatic rings. The van der Waals surface area contributed by atoms with Crippen LogP contribution in [0.1, 0.15) is 21.5 Å². The second-order valence-corrected chi connectivity index (χ2v) is 7.91. The Morgan fingerprint density at radius 3 is 2.52 bits per heavy atom. The highest BCUT2D eigenvalue weighted by Crippen LogP contribution is 2.28. The first kappa shape index (κ1) is 20.6. The highest BCUT2D eigenvalue weighted by atomic mass is 32.2. The Balaban J connectivity index is 1.41. The van der Waals surface area contributed by atoms with Crippen molar-refractivity contribution in [1.82, 2.24) is 9.97 Å². The molecule has 31 heavy (non-hydrogen) atoms. The van der Waals surface area contributed by atoms with E-state index in [1.807, 2.05) is 67.6 Å². The van der Waals surface area contributed by atoms with Gasteiger partial charge in [0.25, 0.3) is 5.91 Å². The van der Waals surface area contributed by atoms with Gasteiger partial charge >= 0.3 is 0 Å². The van der Waals surface area contributed by atoms with Gasteiger partial charge in [0.05, 0.1) is 0 Å². The highest BCUT2D eigenvalue weighted by molar-refractivity contribution is 7.99. The van der Waals surface area contributed by atoms with Crippen LogP contribution in [-0.4, -0.2) is 15.9 Å². The number of aromatic nitrogens is 2. The third kappa shape index (κ3) is 5.71. The van der Waals surface area contributed by atoms with Crippen LogP contribution in [0.25, 0.3) is 0 Å². The van der Waals surface area contributed by atoms with Gasteiger partial charge in [0, 0.05) is 28.5 Å². The van der Waals surface area contributed by atoms with Crippen molar-refractivity contribution in [3.8, 4) is 5.75 Å². The number of aryl methyl sites for hydroxylation is 1. The van der Waals surface area contributed by atoms with Crippen molar-refractivity contribution in [3.05, 3.63) is 108 Å². The number of hydrogen-bond donors (Lipinski definition) is 1. The van der Waals surface area contributed by atoms with Crippen LogP contribution < -0.4 is 10.1 Å². The topological polar surface area (TPSA) is 64.1 Å². The molecular formula is C25H21N3O2S. The van der Waals surface area contributed by atoms with Crippen LogP contribution >= 0.6 is 11.8 Å². The van der Waals surface area contributed by atoms with Gasteiger partial charge in [-0.1, -0.05) is 36.4 Å². The highest BCUT2D eigenvalue weighted by Gasteiger charge is 2.10. The lowest BCUT2D eigenvalue weighted by atomic mass is 10.1. The number of amides is 1. The number of carbonyl (C=O) groups excluding carboxylic acids is 1. The normalized spacial score (nSPS) is 10.5. The molecule has 0 unspecified atom stereocenters. The van der Waals surface area contributed by atoms with Crippen LogP contribution in [-0.2, 0) is 6.61 Å². The molecule has 0 saturated carbocycles. The number of carbonyl (C=O) groups is 1. The summed E-state index contributed by atoms with van der Waals surface area (Å²) in [7, 11) is 0. The van der Waals surface area contributed by atoms with Crippen molar-refractivity contribution in [2.24, 2.45) is 0 Å². The first-order valence-corrected chi connectivity index (χ1v) is 10.6. The lowest BCUT2D eigenvalue weighted by Gasteiger charge is -2.11. The summed E-state index contributed by atoms with van der Waals surface area (Å²) < 4.78 is 5.83. The fourth-order valence-corrected chi connectivity index (χ4v) is 3.76. The van der Waals surface area contributed by atoms with Gasteiger partial charge in [-0.2, -0.15) is 0 Å². The molecule has 0 aliphatic rings. The maximum absolute atomic E-state index is 12.8. The second-order valence-electron chi connectivity index (χ2n) is 6.87. The van der Waals surface area contributed by atoms with Gasteiger partial charge in [-0.15, -0.1) is 0 Å². The second kappa shape index (κ2) is 9.91. The zero-order valence-electron chi connectivity index (χ0n) is 17.0. The van der Waals surface area contributed by atoms with E-state index in [0.29, 0.717) is 23.1 Å². The van der Waals surface area contributed by atoms with E-state index in [1.165, 1.54) is 11.8 Å². The van der Waals surface area contributed by atoms with E-state index >= 15 is 0 Å². The predicted octanol–water partition coefficient (Wildman–Crippen LogP) is 5.77. The number of rotatable bonds is 7. The van der Waals surface area contributed by atoms with Crippen LogP contribution in [0, 0.1) is 6.92 Å². The molecule has 1 aromatic heterocycles. The standard InChI is InChI=1S/C25H21N3O2S/c1-18-15-22(31-25-26-13-6-14-27-25)11-12-23(18)28-24(29)20-9-5-10-21(16-20)30-17-19-7-3-2-4-8-19/h2-16H,17H2,1H3,(H,28,29). The molecule has 0 spiro atoms. The predicted molar refractivity (Wildman–Crippen MR) is 123 cm³/mol. The van der Waals surface area contributed by atoms with E-state index in [0.717, 1.165) is 21.7 Å². The molecule has 0 aliphatic carbocycles. The van der Waals surface area contributed by atoms with Gasteiger partial charge in [0.2, 0.25) is 0 Å². The SMILES string of the molecule is Cc1cc(Sc2ncccn2)ccc1NC(=O)c1cccc(OCc2ccccc2)c1. The van der Waals surface area contributed by atoms with Gasteiger partial charge in [-0.05, 0) is 72.3 Å². The molecule has 1 N–H and O–H groups in total. The van der Waals surface area contributed by atoms with Crippen molar-refractivity contribution in [2.45, 2.75) is 23.6 Å². The number of benzene rings is 3. The number of nitrogens with one attached hydrogen (secondary N) is 1. The molecule has 0 bridgehead atoms. The first-order chi connectivity index (χ1) is 15.2. The molecule has 154 valence electrons. The van der Waals surface area contributed by atoms with Gasteiger partial charge in [-0.3, -0.25) is 4.79 Å². The van der Waals surface area contributed by atoms with Crippen LogP contribution in [0.3, 0.4) is 0 Å². The fraction of sp³-hybridized carbons (Fsp3) is 0.0800. The van der Waals surface area contributed by atoms with E-state index < -0.39 is 0 Å². The van der Waals surface area contributed by atoms with Gasteiger partial charge < -0.3 is 10.1 Å². The van der Waals surface area contributed by atoms with Crippen LogP contribution in [0.5, 0.6) is 5.75 Å². The number of hydrogen-bond acceptors (Lipinski definition) is 5. The third-order valence-corrected chi connectivity index (χ3v) is 5.42. The fourth-order valence-electron chi connectivity index (χ4n) is 2.95.